The van der Waals surface area contributed by atoms with E-state index in [0.717, 1.165) is 17.0 Å². The normalized spacial score (nSPS) is 18.4. The Kier molecular flexibility index (Phi) is 3.80. The number of amides is 1. The summed E-state index contributed by atoms with van der Waals surface area (Å²) in [7, 11) is 0. The lowest BCUT2D eigenvalue weighted by atomic mass is 10.0. The zero-order chi connectivity index (χ0) is 14.0. The minimum absolute atomic E-state index is 0.0680. The van der Waals surface area contributed by atoms with Gasteiger partial charge < -0.3 is 0 Å². The van der Waals surface area contributed by atoms with E-state index in [1.165, 1.54) is 12.1 Å². The van der Waals surface area contributed by atoms with Crippen molar-refractivity contribution < 1.29 is 18.0 Å². The topological polar surface area (TPSA) is 32.3 Å². The number of hydrazine groups is 1. The van der Waals surface area contributed by atoms with Crippen molar-refractivity contribution >= 4 is 5.91 Å². The van der Waals surface area contributed by atoms with Crippen molar-refractivity contribution in [2.24, 2.45) is 0 Å². The SMILES string of the molecule is CCc1ccc(C(N2CCC(=O)N2)C(F)(F)F)cc1. The van der Waals surface area contributed by atoms with Gasteiger partial charge in [0.1, 0.15) is 6.04 Å². The summed E-state index contributed by atoms with van der Waals surface area (Å²) < 4.78 is 39.5. The first-order chi connectivity index (χ1) is 8.91. The molecule has 1 aliphatic rings. The van der Waals surface area contributed by atoms with Crippen LogP contribution in [0, 0.1) is 0 Å². The fourth-order valence-corrected chi connectivity index (χ4v) is 2.17. The highest BCUT2D eigenvalue weighted by Gasteiger charge is 2.46. The van der Waals surface area contributed by atoms with Crippen molar-refractivity contribution in [2.75, 3.05) is 6.54 Å². The second-order valence-corrected chi connectivity index (χ2v) is 4.52. The monoisotopic (exact) mass is 272 g/mol. The van der Waals surface area contributed by atoms with Gasteiger partial charge in [0.15, 0.2) is 0 Å². The molecule has 2 rings (SSSR count). The van der Waals surface area contributed by atoms with Crippen LogP contribution in [0.5, 0.6) is 0 Å². The third-order valence-corrected chi connectivity index (χ3v) is 3.17. The van der Waals surface area contributed by atoms with Crippen LogP contribution in [0.15, 0.2) is 24.3 Å². The molecule has 1 atom stereocenters. The zero-order valence-electron chi connectivity index (χ0n) is 10.5. The highest BCUT2D eigenvalue weighted by molar-refractivity contribution is 5.77. The third kappa shape index (κ3) is 3.07. The summed E-state index contributed by atoms with van der Waals surface area (Å²) in [5.41, 5.74) is 3.39. The summed E-state index contributed by atoms with van der Waals surface area (Å²) in [6.45, 7) is 2.01. The maximum atomic E-state index is 13.2. The summed E-state index contributed by atoms with van der Waals surface area (Å²) >= 11 is 0. The average molecular weight is 272 g/mol. The molecule has 1 N–H and O–H groups in total. The van der Waals surface area contributed by atoms with Gasteiger partial charge in [0, 0.05) is 13.0 Å². The first-order valence-corrected chi connectivity index (χ1v) is 6.13. The van der Waals surface area contributed by atoms with Gasteiger partial charge in [-0.1, -0.05) is 31.2 Å². The minimum atomic E-state index is -4.43. The minimum Gasteiger partial charge on any atom is -0.288 e. The number of carbonyl (C=O) groups is 1. The summed E-state index contributed by atoms with van der Waals surface area (Å²) in [5, 5.41) is 0.962. The van der Waals surface area contributed by atoms with E-state index in [2.05, 4.69) is 5.43 Å². The zero-order valence-corrected chi connectivity index (χ0v) is 10.5. The van der Waals surface area contributed by atoms with E-state index in [9.17, 15) is 18.0 Å². The van der Waals surface area contributed by atoms with E-state index in [-0.39, 0.29) is 24.4 Å². The summed E-state index contributed by atoms with van der Waals surface area (Å²) in [6.07, 6.45) is -3.55. The van der Waals surface area contributed by atoms with Crippen LogP contribution in [0.2, 0.25) is 0 Å². The average Bonchev–Trinajstić information content (AvgIpc) is 2.75. The second-order valence-electron chi connectivity index (χ2n) is 4.52. The van der Waals surface area contributed by atoms with E-state index in [1.807, 2.05) is 6.92 Å². The molecule has 1 saturated heterocycles. The van der Waals surface area contributed by atoms with Gasteiger partial charge in [-0.25, -0.2) is 5.01 Å². The molecule has 1 aliphatic heterocycles. The van der Waals surface area contributed by atoms with Crippen LogP contribution in [0.3, 0.4) is 0 Å². The standard InChI is InChI=1S/C13H15F3N2O/c1-2-9-3-5-10(6-4-9)12(13(14,15)16)18-8-7-11(19)17-18/h3-6,12H,2,7-8H2,1H3,(H,17,19). The molecule has 1 heterocycles. The number of carbonyl (C=O) groups excluding carboxylic acids is 1. The summed E-state index contributed by atoms with van der Waals surface area (Å²) in [6, 6.07) is 4.53. The van der Waals surface area contributed by atoms with E-state index < -0.39 is 12.2 Å². The fourth-order valence-electron chi connectivity index (χ4n) is 2.17. The molecular weight excluding hydrogens is 257 g/mol. The van der Waals surface area contributed by atoms with E-state index in [1.54, 1.807) is 12.1 Å². The number of hydrogen-bond donors (Lipinski definition) is 1. The Labute approximate surface area is 109 Å². The Morgan fingerprint density at radius 3 is 2.37 bits per heavy atom. The molecule has 19 heavy (non-hydrogen) atoms. The summed E-state index contributed by atoms with van der Waals surface area (Å²) in [5.74, 6) is -0.376. The van der Waals surface area contributed by atoms with Crippen LogP contribution in [0.1, 0.15) is 30.5 Å². The van der Waals surface area contributed by atoms with Crippen molar-refractivity contribution in [3.05, 3.63) is 35.4 Å². The molecule has 104 valence electrons. The lowest BCUT2D eigenvalue weighted by Gasteiger charge is -2.29. The number of aryl methyl sites for hydroxylation is 1. The fraction of sp³-hybridized carbons (Fsp3) is 0.462. The first-order valence-electron chi connectivity index (χ1n) is 6.13. The number of alkyl halides is 3. The van der Waals surface area contributed by atoms with Crippen LogP contribution in [-0.4, -0.2) is 23.6 Å². The Morgan fingerprint density at radius 1 is 1.32 bits per heavy atom. The Balaban J connectivity index is 2.29. The largest absolute Gasteiger partial charge is 0.409 e. The van der Waals surface area contributed by atoms with Crippen molar-refractivity contribution in [3.63, 3.8) is 0 Å². The Bertz CT molecular complexity index is 456. The van der Waals surface area contributed by atoms with Crippen LogP contribution < -0.4 is 5.43 Å². The summed E-state index contributed by atoms with van der Waals surface area (Å²) in [4.78, 5) is 11.1. The number of hydrogen-bond acceptors (Lipinski definition) is 2. The van der Waals surface area contributed by atoms with E-state index >= 15 is 0 Å². The van der Waals surface area contributed by atoms with Gasteiger partial charge in [0.2, 0.25) is 5.91 Å². The van der Waals surface area contributed by atoms with Gasteiger partial charge in [-0.2, -0.15) is 13.2 Å². The smallest absolute Gasteiger partial charge is 0.288 e. The molecule has 0 spiro atoms. The molecule has 0 saturated carbocycles. The lowest BCUT2D eigenvalue weighted by Crippen LogP contribution is -2.43. The number of nitrogens with one attached hydrogen (secondary N) is 1. The number of benzene rings is 1. The maximum absolute atomic E-state index is 13.2. The maximum Gasteiger partial charge on any atom is 0.409 e. The molecule has 1 aromatic carbocycles. The quantitative estimate of drug-likeness (QED) is 0.917. The van der Waals surface area contributed by atoms with Crippen molar-refractivity contribution in [2.45, 2.75) is 32.0 Å². The van der Waals surface area contributed by atoms with Crippen molar-refractivity contribution in [1.82, 2.24) is 10.4 Å². The van der Waals surface area contributed by atoms with Gasteiger partial charge in [-0.3, -0.25) is 10.2 Å². The van der Waals surface area contributed by atoms with Crippen LogP contribution in [0.4, 0.5) is 13.2 Å². The molecule has 0 bridgehead atoms. The molecule has 0 aromatic heterocycles. The molecule has 1 amide bonds. The number of halogens is 3. The second kappa shape index (κ2) is 5.21. The molecule has 1 fully saturated rings. The van der Waals surface area contributed by atoms with Crippen LogP contribution in [-0.2, 0) is 11.2 Å². The number of rotatable bonds is 3. The Morgan fingerprint density at radius 2 is 1.95 bits per heavy atom. The van der Waals surface area contributed by atoms with Gasteiger partial charge in [-0.05, 0) is 17.5 Å². The van der Waals surface area contributed by atoms with Crippen LogP contribution in [0.25, 0.3) is 0 Å². The van der Waals surface area contributed by atoms with Crippen molar-refractivity contribution in [1.29, 1.82) is 0 Å². The predicted octanol–water partition coefficient (Wildman–Crippen LogP) is 2.59. The predicted molar refractivity (Wildman–Crippen MR) is 64.1 cm³/mol. The van der Waals surface area contributed by atoms with Gasteiger partial charge in [-0.15, -0.1) is 0 Å². The highest BCUT2D eigenvalue weighted by atomic mass is 19.4. The first kappa shape index (κ1) is 13.9. The van der Waals surface area contributed by atoms with Crippen LogP contribution >= 0.6 is 0 Å². The Hall–Kier alpha value is -1.56. The molecule has 6 heteroatoms. The van der Waals surface area contributed by atoms with E-state index in [4.69, 9.17) is 0 Å². The lowest BCUT2D eigenvalue weighted by molar-refractivity contribution is -0.191. The van der Waals surface area contributed by atoms with Gasteiger partial charge in [0.25, 0.3) is 0 Å². The molecule has 1 unspecified atom stereocenters. The number of nitrogens with zero attached hydrogens (tertiary/aromatic N) is 1. The van der Waals surface area contributed by atoms with Gasteiger partial charge in [0.05, 0.1) is 0 Å². The highest BCUT2D eigenvalue weighted by Crippen LogP contribution is 2.37. The van der Waals surface area contributed by atoms with E-state index in [0.29, 0.717) is 0 Å². The molecule has 0 radical (unpaired) electrons. The molecular formula is C13H15F3N2O. The van der Waals surface area contributed by atoms with Crippen molar-refractivity contribution in [3.8, 4) is 0 Å². The molecule has 3 nitrogen and oxygen atoms in total. The third-order valence-electron chi connectivity index (χ3n) is 3.17. The molecule has 1 aromatic rings. The molecule has 0 aliphatic carbocycles. The van der Waals surface area contributed by atoms with Gasteiger partial charge >= 0.3 is 6.18 Å².